The third-order valence-electron chi connectivity index (χ3n) is 4.55. The van der Waals surface area contributed by atoms with Gasteiger partial charge in [0.25, 0.3) is 0 Å². The monoisotopic (exact) mass is 467 g/mol. The Labute approximate surface area is 200 Å². The minimum atomic E-state index is -0.529. The second kappa shape index (κ2) is 11.0. The highest BCUT2D eigenvalue weighted by Crippen LogP contribution is 2.29. The van der Waals surface area contributed by atoms with Crippen LogP contribution in [0.3, 0.4) is 0 Å². The SMILES string of the molecule is COc1ccc(-n2nc(OC(C)C)cc2-c2ccc(OCCNC(=O)OC(C)(C)C)cc2)cc1. The molecule has 0 unspecified atom stereocenters. The number of benzene rings is 2. The van der Waals surface area contributed by atoms with Gasteiger partial charge in [0.1, 0.15) is 23.7 Å². The molecule has 0 aliphatic carbocycles. The van der Waals surface area contributed by atoms with Crippen LogP contribution in [0.1, 0.15) is 34.6 Å². The number of rotatable bonds is 9. The van der Waals surface area contributed by atoms with Gasteiger partial charge in [0.2, 0.25) is 5.88 Å². The van der Waals surface area contributed by atoms with Gasteiger partial charge in [0.15, 0.2) is 0 Å². The first-order valence-electron chi connectivity index (χ1n) is 11.3. The van der Waals surface area contributed by atoms with Crippen molar-refractivity contribution in [1.82, 2.24) is 15.1 Å². The summed E-state index contributed by atoms with van der Waals surface area (Å²) in [6.07, 6.45) is -0.449. The standard InChI is InChI=1S/C26H33N3O5/c1-18(2)33-24-17-23(29(28-24)20-9-13-21(31-6)14-10-20)19-7-11-22(12-8-19)32-16-15-27-25(30)34-26(3,4)5/h7-14,17-18H,15-16H2,1-6H3,(H,27,30). The van der Waals surface area contributed by atoms with E-state index in [2.05, 4.69) is 10.4 Å². The van der Waals surface area contributed by atoms with E-state index in [1.807, 2.05) is 93.9 Å². The molecule has 1 amide bonds. The van der Waals surface area contributed by atoms with Crippen molar-refractivity contribution in [3.63, 3.8) is 0 Å². The molecule has 0 saturated carbocycles. The molecular weight excluding hydrogens is 434 g/mol. The number of aromatic nitrogens is 2. The third kappa shape index (κ3) is 7.16. The zero-order valence-electron chi connectivity index (χ0n) is 20.6. The van der Waals surface area contributed by atoms with E-state index in [4.69, 9.17) is 18.9 Å². The first kappa shape index (κ1) is 25.0. The highest BCUT2D eigenvalue weighted by Gasteiger charge is 2.16. The number of nitrogens with zero attached hydrogens (tertiary/aromatic N) is 2. The molecule has 2 aromatic carbocycles. The maximum Gasteiger partial charge on any atom is 0.407 e. The van der Waals surface area contributed by atoms with Crippen molar-refractivity contribution in [2.24, 2.45) is 0 Å². The Bertz CT molecular complexity index is 1070. The molecule has 0 saturated heterocycles. The second-order valence-corrected chi connectivity index (χ2v) is 8.95. The molecule has 34 heavy (non-hydrogen) atoms. The number of hydrogen-bond donors (Lipinski definition) is 1. The van der Waals surface area contributed by atoms with Crippen LogP contribution in [0.25, 0.3) is 16.9 Å². The molecule has 0 fully saturated rings. The molecule has 8 nitrogen and oxygen atoms in total. The highest BCUT2D eigenvalue weighted by atomic mass is 16.6. The minimum Gasteiger partial charge on any atom is -0.497 e. The lowest BCUT2D eigenvalue weighted by atomic mass is 10.1. The van der Waals surface area contributed by atoms with Gasteiger partial charge in [-0.05, 0) is 83.1 Å². The predicted octanol–water partition coefficient (Wildman–Crippen LogP) is 5.24. The molecule has 182 valence electrons. The first-order chi connectivity index (χ1) is 16.1. The van der Waals surface area contributed by atoms with Gasteiger partial charge in [-0.1, -0.05) is 0 Å². The van der Waals surface area contributed by atoms with E-state index in [1.165, 1.54) is 0 Å². The molecule has 0 aliphatic heterocycles. The Hall–Kier alpha value is -3.68. The van der Waals surface area contributed by atoms with Crippen LogP contribution < -0.4 is 19.5 Å². The van der Waals surface area contributed by atoms with Gasteiger partial charge < -0.3 is 24.3 Å². The van der Waals surface area contributed by atoms with Crippen molar-refractivity contribution in [1.29, 1.82) is 0 Å². The van der Waals surface area contributed by atoms with Crippen molar-refractivity contribution >= 4 is 6.09 Å². The lowest BCUT2D eigenvalue weighted by molar-refractivity contribution is 0.0520. The average Bonchev–Trinajstić information content (AvgIpc) is 3.19. The number of amides is 1. The number of hydrogen-bond acceptors (Lipinski definition) is 6. The van der Waals surface area contributed by atoms with Crippen molar-refractivity contribution in [3.8, 4) is 34.3 Å². The van der Waals surface area contributed by atoms with Crippen molar-refractivity contribution in [2.45, 2.75) is 46.3 Å². The van der Waals surface area contributed by atoms with Crippen LogP contribution in [0.5, 0.6) is 17.4 Å². The molecule has 0 atom stereocenters. The number of ether oxygens (including phenoxy) is 4. The van der Waals surface area contributed by atoms with E-state index in [0.29, 0.717) is 24.8 Å². The van der Waals surface area contributed by atoms with E-state index in [0.717, 1.165) is 22.7 Å². The number of alkyl carbamates (subject to hydrolysis) is 1. The summed E-state index contributed by atoms with van der Waals surface area (Å²) in [6, 6.07) is 17.3. The van der Waals surface area contributed by atoms with Crippen LogP contribution in [0.2, 0.25) is 0 Å². The van der Waals surface area contributed by atoms with Crippen LogP contribution in [0, 0.1) is 0 Å². The molecule has 3 rings (SSSR count). The van der Waals surface area contributed by atoms with E-state index in [1.54, 1.807) is 7.11 Å². The van der Waals surface area contributed by atoms with Gasteiger partial charge in [0, 0.05) is 11.6 Å². The predicted molar refractivity (Wildman–Crippen MR) is 131 cm³/mol. The quantitative estimate of drug-likeness (QED) is 0.434. The Morgan fingerprint density at radius 1 is 1.03 bits per heavy atom. The average molecular weight is 468 g/mol. The lowest BCUT2D eigenvalue weighted by Gasteiger charge is -2.19. The molecule has 8 heteroatoms. The third-order valence-corrected chi connectivity index (χ3v) is 4.55. The van der Waals surface area contributed by atoms with Crippen LogP contribution >= 0.6 is 0 Å². The van der Waals surface area contributed by atoms with Gasteiger partial charge in [-0.25, -0.2) is 9.48 Å². The van der Waals surface area contributed by atoms with Crippen molar-refractivity contribution < 1.29 is 23.7 Å². The second-order valence-electron chi connectivity index (χ2n) is 8.95. The Morgan fingerprint density at radius 2 is 1.68 bits per heavy atom. The Balaban J connectivity index is 1.70. The summed E-state index contributed by atoms with van der Waals surface area (Å²) in [7, 11) is 1.64. The van der Waals surface area contributed by atoms with Gasteiger partial charge >= 0.3 is 6.09 Å². The number of methoxy groups -OCH3 is 1. The Morgan fingerprint density at radius 3 is 2.26 bits per heavy atom. The van der Waals surface area contributed by atoms with Crippen LogP contribution in [-0.2, 0) is 4.74 Å². The smallest absolute Gasteiger partial charge is 0.407 e. The van der Waals surface area contributed by atoms with E-state index in [-0.39, 0.29) is 6.10 Å². The minimum absolute atomic E-state index is 0.0112. The summed E-state index contributed by atoms with van der Waals surface area (Å²) < 4.78 is 23.9. The van der Waals surface area contributed by atoms with E-state index in [9.17, 15) is 4.79 Å². The topological polar surface area (TPSA) is 83.8 Å². The molecular formula is C26H33N3O5. The maximum atomic E-state index is 11.7. The van der Waals surface area contributed by atoms with Crippen LogP contribution in [-0.4, -0.2) is 47.8 Å². The molecule has 1 N–H and O–H groups in total. The molecule has 0 spiro atoms. The summed E-state index contributed by atoms with van der Waals surface area (Å²) in [4.78, 5) is 11.7. The number of nitrogens with one attached hydrogen (secondary N) is 1. The van der Waals surface area contributed by atoms with Crippen molar-refractivity contribution in [2.75, 3.05) is 20.3 Å². The van der Waals surface area contributed by atoms with Gasteiger partial charge in [-0.3, -0.25) is 0 Å². The largest absolute Gasteiger partial charge is 0.497 e. The molecule has 1 heterocycles. The summed E-state index contributed by atoms with van der Waals surface area (Å²) >= 11 is 0. The summed E-state index contributed by atoms with van der Waals surface area (Å²) in [6.45, 7) is 10.1. The lowest BCUT2D eigenvalue weighted by Crippen LogP contribution is -2.34. The van der Waals surface area contributed by atoms with Gasteiger partial charge in [0.05, 0.1) is 31.1 Å². The van der Waals surface area contributed by atoms with E-state index >= 15 is 0 Å². The fourth-order valence-electron chi connectivity index (χ4n) is 3.14. The molecule has 3 aromatic rings. The van der Waals surface area contributed by atoms with Gasteiger partial charge in [-0.2, -0.15) is 0 Å². The summed E-state index contributed by atoms with van der Waals surface area (Å²) in [5.74, 6) is 2.03. The first-order valence-corrected chi connectivity index (χ1v) is 11.3. The highest BCUT2D eigenvalue weighted by molar-refractivity contribution is 5.67. The zero-order chi connectivity index (χ0) is 24.7. The van der Waals surface area contributed by atoms with Crippen molar-refractivity contribution in [3.05, 3.63) is 54.6 Å². The molecule has 0 aliphatic rings. The molecule has 1 aromatic heterocycles. The van der Waals surface area contributed by atoms with Gasteiger partial charge in [-0.15, -0.1) is 5.10 Å². The fourth-order valence-corrected chi connectivity index (χ4v) is 3.14. The maximum absolute atomic E-state index is 11.7. The fraction of sp³-hybridized carbons (Fsp3) is 0.385. The van der Waals surface area contributed by atoms with Crippen LogP contribution in [0.4, 0.5) is 4.79 Å². The Kier molecular flexibility index (Phi) is 8.04. The normalized spacial score (nSPS) is 11.3. The number of carbonyl (C=O) groups excluding carboxylic acids is 1. The van der Waals surface area contributed by atoms with Crippen LogP contribution in [0.15, 0.2) is 54.6 Å². The number of carbonyl (C=O) groups is 1. The molecule has 0 bridgehead atoms. The molecule has 0 radical (unpaired) electrons. The summed E-state index contributed by atoms with van der Waals surface area (Å²) in [5.41, 5.74) is 2.21. The summed E-state index contributed by atoms with van der Waals surface area (Å²) in [5, 5.41) is 7.33. The van der Waals surface area contributed by atoms with E-state index < -0.39 is 11.7 Å². The zero-order valence-corrected chi connectivity index (χ0v) is 20.6.